The Labute approximate surface area is 131 Å². The average molecular weight is 304 g/mol. The minimum Gasteiger partial charge on any atom is -0.467 e. The van der Waals surface area contributed by atoms with Gasteiger partial charge in [0.1, 0.15) is 5.78 Å². The van der Waals surface area contributed by atoms with Crippen molar-refractivity contribution in [2.45, 2.75) is 57.7 Å². The van der Waals surface area contributed by atoms with Crippen LogP contribution in [0, 0.1) is 0 Å². The van der Waals surface area contributed by atoms with Crippen molar-refractivity contribution >= 4 is 11.8 Å². The van der Waals surface area contributed by atoms with E-state index in [4.69, 9.17) is 9.47 Å². The van der Waals surface area contributed by atoms with Gasteiger partial charge >= 0.3 is 5.97 Å². The van der Waals surface area contributed by atoms with Crippen LogP contribution in [-0.4, -0.2) is 31.1 Å². The number of methoxy groups -OCH3 is 1. The van der Waals surface area contributed by atoms with Crippen molar-refractivity contribution in [1.82, 2.24) is 0 Å². The van der Waals surface area contributed by atoms with Crippen molar-refractivity contribution in [2.24, 2.45) is 0 Å². The number of fused-ring (bicyclic) bond motifs is 1. The highest BCUT2D eigenvalue weighted by molar-refractivity contribution is 5.85. The molecule has 1 aromatic carbocycles. The second-order valence-electron chi connectivity index (χ2n) is 5.77. The summed E-state index contributed by atoms with van der Waals surface area (Å²) in [6, 6.07) is 8.29. The zero-order valence-electron chi connectivity index (χ0n) is 13.3. The van der Waals surface area contributed by atoms with Crippen LogP contribution in [0.4, 0.5) is 0 Å². The van der Waals surface area contributed by atoms with Gasteiger partial charge in [0.05, 0.1) is 13.2 Å². The van der Waals surface area contributed by atoms with E-state index in [1.807, 2.05) is 19.1 Å². The summed E-state index contributed by atoms with van der Waals surface area (Å²) in [5.41, 5.74) is 2.61. The first kappa shape index (κ1) is 16.7. The van der Waals surface area contributed by atoms with Gasteiger partial charge in [-0.2, -0.15) is 0 Å². The zero-order chi connectivity index (χ0) is 15.9. The standard InChI is InChI=1S/C18H24O4/c1-3-6-15(19)12-17(18(20)21-2)22-16-10-9-13-7-4-5-8-14(13)11-16/h4-5,7-8,16-17H,3,6,9-12H2,1-2H3. The fourth-order valence-electron chi connectivity index (χ4n) is 2.92. The number of benzene rings is 1. The molecule has 4 nitrogen and oxygen atoms in total. The topological polar surface area (TPSA) is 52.6 Å². The third-order valence-electron chi connectivity index (χ3n) is 4.06. The van der Waals surface area contributed by atoms with E-state index in [9.17, 15) is 9.59 Å². The molecule has 1 aliphatic rings. The van der Waals surface area contributed by atoms with Crippen molar-refractivity contribution in [3.05, 3.63) is 35.4 Å². The second kappa shape index (κ2) is 8.08. The van der Waals surface area contributed by atoms with Crippen LogP contribution in [0.3, 0.4) is 0 Å². The molecule has 2 atom stereocenters. The monoisotopic (exact) mass is 304 g/mol. The molecule has 0 bridgehead atoms. The normalized spacial score (nSPS) is 18.4. The molecule has 0 amide bonds. The summed E-state index contributed by atoms with van der Waals surface area (Å²) < 4.78 is 10.7. The van der Waals surface area contributed by atoms with Gasteiger partial charge in [0.15, 0.2) is 6.10 Å². The summed E-state index contributed by atoms with van der Waals surface area (Å²) >= 11 is 0. The molecule has 0 aromatic heterocycles. The predicted molar refractivity (Wildman–Crippen MR) is 83.7 cm³/mol. The molecule has 4 heteroatoms. The number of carbonyl (C=O) groups excluding carboxylic acids is 2. The zero-order valence-corrected chi connectivity index (χ0v) is 13.3. The number of esters is 1. The van der Waals surface area contributed by atoms with Crippen LogP contribution in [0.25, 0.3) is 0 Å². The van der Waals surface area contributed by atoms with Crippen molar-refractivity contribution in [3.8, 4) is 0 Å². The molecule has 0 heterocycles. The molecular weight excluding hydrogens is 280 g/mol. The summed E-state index contributed by atoms with van der Waals surface area (Å²) in [5.74, 6) is -0.405. The van der Waals surface area contributed by atoms with E-state index >= 15 is 0 Å². The first-order valence-electron chi connectivity index (χ1n) is 7.95. The van der Waals surface area contributed by atoms with E-state index in [2.05, 4.69) is 12.1 Å². The quantitative estimate of drug-likeness (QED) is 0.727. The van der Waals surface area contributed by atoms with Crippen LogP contribution >= 0.6 is 0 Å². The van der Waals surface area contributed by atoms with Gasteiger partial charge < -0.3 is 9.47 Å². The summed E-state index contributed by atoms with van der Waals surface area (Å²) in [6.45, 7) is 1.95. The Kier molecular flexibility index (Phi) is 6.13. The number of hydrogen-bond acceptors (Lipinski definition) is 4. The number of carbonyl (C=O) groups is 2. The Bertz CT molecular complexity index is 524. The molecule has 0 aliphatic heterocycles. The molecule has 1 aromatic rings. The molecule has 0 N–H and O–H groups in total. The Morgan fingerprint density at radius 2 is 2.00 bits per heavy atom. The smallest absolute Gasteiger partial charge is 0.335 e. The molecule has 0 radical (unpaired) electrons. The molecule has 2 unspecified atom stereocenters. The van der Waals surface area contributed by atoms with Crippen molar-refractivity contribution < 1.29 is 19.1 Å². The maximum atomic E-state index is 11.9. The number of rotatable bonds is 7. The SMILES string of the molecule is CCCC(=O)CC(OC1CCc2ccccc2C1)C(=O)OC. The van der Waals surface area contributed by atoms with Gasteiger partial charge in [0.2, 0.25) is 0 Å². The highest BCUT2D eigenvalue weighted by atomic mass is 16.6. The first-order valence-corrected chi connectivity index (χ1v) is 7.95. The molecule has 22 heavy (non-hydrogen) atoms. The average Bonchev–Trinajstić information content (AvgIpc) is 2.53. The van der Waals surface area contributed by atoms with Crippen LogP contribution in [0.2, 0.25) is 0 Å². The minimum atomic E-state index is -0.778. The van der Waals surface area contributed by atoms with Crippen LogP contribution < -0.4 is 0 Å². The number of aryl methyl sites for hydroxylation is 1. The molecule has 1 aliphatic carbocycles. The van der Waals surface area contributed by atoms with Gasteiger partial charge in [-0.05, 0) is 36.8 Å². The minimum absolute atomic E-state index is 0.0339. The maximum absolute atomic E-state index is 11.9. The fourth-order valence-corrected chi connectivity index (χ4v) is 2.92. The maximum Gasteiger partial charge on any atom is 0.335 e. The first-order chi connectivity index (χ1) is 10.6. The number of ether oxygens (including phenoxy) is 2. The number of ketones is 1. The molecular formula is C18H24O4. The molecule has 0 saturated carbocycles. The highest BCUT2D eigenvalue weighted by Gasteiger charge is 2.28. The largest absolute Gasteiger partial charge is 0.467 e. The Balaban J connectivity index is 1.99. The number of hydrogen-bond donors (Lipinski definition) is 0. The highest BCUT2D eigenvalue weighted by Crippen LogP contribution is 2.24. The van der Waals surface area contributed by atoms with Gasteiger partial charge in [-0.3, -0.25) is 4.79 Å². The third-order valence-corrected chi connectivity index (χ3v) is 4.06. The summed E-state index contributed by atoms with van der Waals surface area (Å²) in [6.07, 6.45) is 3.15. The summed E-state index contributed by atoms with van der Waals surface area (Å²) in [7, 11) is 1.33. The van der Waals surface area contributed by atoms with E-state index in [1.165, 1.54) is 18.2 Å². The second-order valence-corrected chi connectivity index (χ2v) is 5.77. The van der Waals surface area contributed by atoms with Gasteiger partial charge in [0, 0.05) is 12.8 Å². The van der Waals surface area contributed by atoms with Gasteiger partial charge in [-0.1, -0.05) is 31.2 Å². The van der Waals surface area contributed by atoms with E-state index in [0.29, 0.717) is 6.42 Å². The van der Waals surface area contributed by atoms with Gasteiger partial charge in [-0.25, -0.2) is 4.79 Å². The Morgan fingerprint density at radius 3 is 2.68 bits per heavy atom. The number of Topliss-reactive ketones (excluding diaryl/α,β-unsaturated/α-hetero) is 1. The lowest BCUT2D eigenvalue weighted by molar-refractivity contribution is -0.160. The van der Waals surface area contributed by atoms with Crippen LogP contribution in [0.1, 0.15) is 43.7 Å². The Hall–Kier alpha value is -1.68. The van der Waals surface area contributed by atoms with Gasteiger partial charge in [-0.15, -0.1) is 0 Å². The summed E-state index contributed by atoms with van der Waals surface area (Å²) in [5, 5.41) is 0. The molecule has 120 valence electrons. The van der Waals surface area contributed by atoms with E-state index < -0.39 is 12.1 Å². The lowest BCUT2D eigenvalue weighted by atomic mass is 9.89. The Morgan fingerprint density at radius 1 is 1.27 bits per heavy atom. The molecule has 2 rings (SSSR count). The van der Waals surface area contributed by atoms with E-state index in [-0.39, 0.29) is 18.3 Å². The lowest BCUT2D eigenvalue weighted by Crippen LogP contribution is -2.35. The van der Waals surface area contributed by atoms with Crippen LogP contribution in [0.5, 0.6) is 0 Å². The van der Waals surface area contributed by atoms with Crippen LogP contribution in [0.15, 0.2) is 24.3 Å². The van der Waals surface area contributed by atoms with Gasteiger partial charge in [0.25, 0.3) is 0 Å². The molecule has 0 fully saturated rings. The van der Waals surface area contributed by atoms with E-state index in [0.717, 1.165) is 25.7 Å². The van der Waals surface area contributed by atoms with Crippen LogP contribution in [-0.2, 0) is 31.9 Å². The van der Waals surface area contributed by atoms with Crippen molar-refractivity contribution in [2.75, 3.05) is 7.11 Å². The summed E-state index contributed by atoms with van der Waals surface area (Å²) in [4.78, 5) is 23.7. The fraction of sp³-hybridized carbons (Fsp3) is 0.556. The predicted octanol–water partition coefficient (Wildman–Crippen LogP) is 2.86. The van der Waals surface area contributed by atoms with Crippen molar-refractivity contribution in [1.29, 1.82) is 0 Å². The molecule has 0 spiro atoms. The van der Waals surface area contributed by atoms with Crippen molar-refractivity contribution in [3.63, 3.8) is 0 Å². The van der Waals surface area contributed by atoms with E-state index in [1.54, 1.807) is 0 Å². The molecule has 0 saturated heterocycles. The third kappa shape index (κ3) is 4.41. The lowest BCUT2D eigenvalue weighted by Gasteiger charge is -2.27.